The third-order valence-electron chi connectivity index (χ3n) is 5.17. The lowest BCUT2D eigenvalue weighted by molar-refractivity contribution is 0.742. The van der Waals surface area contributed by atoms with E-state index in [0.717, 1.165) is 24.3 Å². The van der Waals surface area contributed by atoms with Gasteiger partial charge in [-0.1, -0.05) is 66.5 Å². The number of aromatic nitrogens is 4. The Balaban J connectivity index is 1.36. The maximum absolute atomic E-state index is 12.4. The molecule has 2 aromatic carbocycles. The lowest BCUT2D eigenvalue weighted by Crippen LogP contribution is -2.31. The van der Waals surface area contributed by atoms with Crippen molar-refractivity contribution in [1.29, 1.82) is 0 Å². The van der Waals surface area contributed by atoms with Gasteiger partial charge in [-0.3, -0.25) is 19.1 Å². The number of imidazole rings is 1. The monoisotopic (exact) mass is 435 g/mol. The van der Waals surface area contributed by atoms with Gasteiger partial charge < -0.3 is 4.57 Å². The average molecular weight is 436 g/mol. The Bertz CT molecular complexity index is 1260. The number of benzene rings is 2. The molecule has 0 radical (unpaired) electrons. The molecular weight excluding hydrogens is 410 g/mol. The summed E-state index contributed by atoms with van der Waals surface area (Å²) in [6.45, 7) is 3.67. The third-order valence-corrected chi connectivity index (χ3v) is 5.93. The van der Waals surface area contributed by atoms with Crippen molar-refractivity contribution in [3.8, 4) is 0 Å². The van der Waals surface area contributed by atoms with Crippen LogP contribution < -0.4 is 16.0 Å². The van der Waals surface area contributed by atoms with E-state index < -0.39 is 11.2 Å². The van der Waals surface area contributed by atoms with Gasteiger partial charge in [-0.25, -0.2) is 9.78 Å². The molecule has 8 heteroatoms. The Kier molecular flexibility index (Phi) is 6.69. The summed E-state index contributed by atoms with van der Waals surface area (Å²) < 4.78 is 6.65. The first-order chi connectivity index (χ1) is 15.2. The molecule has 0 fully saturated rings. The van der Waals surface area contributed by atoms with E-state index in [1.165, 1.54) is 15.7 Å². The first-order valence-electron chi connectivity index (χ1n) is 10.3. The Labute approximate surface area is 184 Å². The zero-order valence-electron chi connectivity index (χ0n) is 17.4. The fourth-order valence-corrected chi connectivity index (χ4v) is 4.22. The molecule has 0 saturated carbocycles. The molecule has 4 rings (SSSR count). The minimum absolute atomic E-state index is 0.354. The summed E-state index contributed by atoms with van der Waals surface area (Å²) in [7, 11) is 0. The molecule has 7 nitrogen and oxygen atoms in total. The second-order valence-electron chi connectivity index (χ2n) is 7.27. The van der Waals surface area contributed by atoms with Crippen molar-refractivity contribution in [2.45, 2.75) is 33.0 Å². The van der Waals surface area contributed by atoms with Gasteiger partial charge in [-0.2, -0.15) is 0 Å². The second-order valence-corrected chi connectivity index (χ2v) is 8.26. The predicted molar refractivity (Wildman–Crippen MR) is 125 cm³/mol. The SMILES string of the molecule is CCn1cnc2c1c(=O)[nH]c(=O)n2Cc1ccc(CNSCCc2ccccc2)cc1. The minimum atomic E-state index is -0.445. The van der Waals surface area contributed by atoms with Crippen molar-refractivity contribution in [1.82, 2.24) is 23.8 Å². The molecule has 2 aromatic heterocycles. The Morgan fingerprint density at radius 1 is 1.00 bits per heavy atom. The molecule has 2 N–H and O–H groups in total. The molecule has 0 aliphatic heterocycles. The Morgan fingerprint density at radius 2 is 1.74 bits per heavy atom. The second kappa shape index (κ2) is 9.80. The molecule has 31 heavy (non-hydrogen) atoms. The topological polar surface area (TPSA) is 84.7 Å². The predicted octanol–water partition coefficient (Wildman–Crippen LogP) is 2.94. The highest BCUT2D eigenvalue weighted by molar-refractivity contribution is 7.97. The van der Waals surface area contributed by atoms with Gasteiger partial charge in [0.25, 0.3) is 5.56 Å². The van der Waals surface area contributed by atoms with Crippen LogP contribution in [-0.4, -0.2) is 24.9 Å². The van der Waals surface area contributed by atoms with Crippen molar-refractivity contribution in [2.24, 2.45) is 0 Å². The smallest absolute Gasteiger partial charge is 0.325 e. The molecule has 0 aliphatic carbocycles. The van der Waals surface area contributed by atoms with Crippen LogP contribution in [0.3, 0.4) is 0 Å². The van der Waals surface area contributed by atoms with Gasteiger partial charge in [-0.05, 0) is 30.0 Å². The molecule has 0 amide bonds. The van der Waals surface area contributed by atoms with Gasteiger partial charge in [0.1, 0.15) is 0 Å². The van der Waals surface area contributed by atoms with Crippen molar-refractivity contribution >= 4 is 23.1 Å². The van der Waals surface area contributed by atoms with Crippen LogP contribution in [0.1, 0.15) is 23.6 Å². The van der Waals surface area contributed by atoms with E-state index in [1.54, 1.807) is 22.8 Å². The van der Waals surface area contributed by atoms with E-state index in [1.807, 2.05) is 25.1 Å². The maximum atomic E-state index is 12.4. The fraction of sp³-hybridized carbons (Fsp3) is 0.261. The van der Waals surface area contributed by atoms with Gasteiger partial charge in [0.05, 0.1) is 12.9 Å². The number of H-pyrrole nitrogens is 1. The van der Waals surface area contributed by atoms with Gasteiger partial charge in [-0.15, -0.1) is 0 Å². The van der Waals surface area contributed by atoms with Crippen molar-refractivity contribution in [2.75, 3.05) is 5.75 Å². The van der Waals surface area contributed by atoms with E-state index >= 15 is 0 Å². The molecule has 0 unspecified atom stereocenters. The summed E-state index contributed by atoms with van der Waals surface area (Å²) in [5.41, 5.74) is 3.48. The number of nitrogens with zero attached hydrogens (tertiary/aromatic N) is 3. The highest BCUT2D eigenvalue weighted by Crippen LogP contribution is 2.11. The maximum Gasteiger partial charge on any atom is 0.330 e. The molecule has 0 bridgehead atoms. The minimum Gasteiger partial charge on any atom is -0.325 e. The van der Waals surface area contributed by atoms with E-state index in [0.29, 0.717) is 24.3 Å². The van der Waals surface area contributed by atoms with Crippen LogP contribution in [0.4, 0.5) is 0 Å². The normalized spacial score (nSPS) is 11.3. The zero-order chi connectivity index (χ0) is 21.6. The van der Waals surface area contributed by atoms with E-state index in [9.17, 15) is 9.59 Å². The Hall–Kier alpha value is -3.10. The molecule has 160 valence electrons. The van der Waals surface area contributed by atoms with Crippen LogP contribution in [0.15, 0.2) is 70.5 Å². The number of aromatic amines is 1. The summed E-state index contributed by atoms with van der Waals surface area (Å²) >= 11 is 1.72. The fourth-order valence-electron chi connectivity index (χ4n) is 3.47. The van der Waals surface area contributed by atoms with E-state index in [2.05, 4.69) is 51.1 Å². The van der Waals surface area contributed by atoms with Gasteiger partial charge >= 0.3 is 5.69 Å². The summed E-state index contributed by atoms with van der Waals surface area (Å²) in [5, 5.41) is 0. The number of fused-ring (bicyclic) bond motifs is 1. The van der Waals surface area contributed by atoms with Gasteiger partial charge in [0.2, 0.25) is 0 Å². The molecule has 0 saturated heterocycles. The van der Waals surface area contributed by atoms with Crippen LogP contribution in [0, 0.1) is 0 Å². The summed E-state index contributed by atoms with van der Waals surface area (Å²) in [5.74, 6) is 1.01. The van der Waals surface area contributed by atoms with Gasteiger partial charge in [0, 0.05) is 18.8 Å². The zero-order valence-corrected chi connectivity index (χ0v) is 18.2. The lowest BCUT2D eigenvalue weighted by Gasteiger charge is -2.09. The van der Waals surface area contributed by atoms with Crippen molar-refractivity contribution in [3.05, 3.63) is 98.5 Å². The van der Waals surface area contributed by atoms with Crippen LogP contribution in [0.25, 0.3) is 11.2 Å². The quantitative estimate of drug-likeness (QED) is 0.312. The largest absolute Gasteiger partial charge is 0.330 e. The summed E-state index contributed by atoms with van der Waals surface area (Å²) in [6, 6.07) is 18.6. The first kappa shape index (κ1) is 21.1. The van der Waals surface area contributed by atoms with Crippen LogP contribution in [-0.2, 0) is 26.1 Å². The number of hydrogen-bond acceptors (Lipinski definition) is 5. The third kappa shape index (κ3) is 4.98. The number of nitrogens with one attached hydrogen (secondary N) is 2. The molecule has 2 heterocycles. The van der Waals surface area contributed by atoms with Crippen molar-refractivity contribution < 1.29 is 0 Å². The number of hydrogen-bond donors (Lipinski definition) is 2. The average Bonchev–Trinajstić information content (AvgIpc) is 3.23. The van der Waals surface area contributed by atoms with Gasteiger partial charge in [0.15, 0.2) is 11.2 Å². The summed E-state index contributed by atoms with van der Waals surface area (Å²) in [4.78, 5) is 31.3. The van der Waals surface area contributed by atoms with Crippen LogP contribution in [0.5, 0.6) is 0 Å². The molecule has 0 spiro atoms. The molecule has 4 aromatic rings. The molecular formula is C23H25N5O2S. The van der Waals surface area contributed by atoms with E-state index in [4.69, 9.17) is 0 Å². The highest BCUT2D eigenvalue weighted by atomic mass is 32.2. The van der Waals surface area contributed by atoms with Crippen LogP contribution >= 0.6 is 11.9 Å². The summed E-state index contributed by atoms with van der Waals surface area (Å²) in [6.07, 6.45) is 2.63. The first-order valence-corrected chi connectivity index (χ1v) is 11.3. The van der Waals surface area contributed by atoms with E-state index in [-0.39, 0.29) is 0 Å². The molecule has 0 aliphatic rings. The van der Waals surface area contributed by atoms with Crippen molar-refractivity contribution in [3.63, 3.8) is 0 Å². The standard InChI is InChI=1S/C23H25N5O2S/c1-2-27-16-24-21-20(27)22(29)26-23(30)28(21)15-19-10-8-18(9-11-19)14-25-31-13-12-17-6-4-3-5-7-17/h3-11,16,25H,2,12-15H2,1H3,(H,26,29,30). The molecule has 0 atom stereocenters. The number of aryl methyl sites for hydroxylation is 2. The Morgan fingerprint density at radius 3 is 2.48 bits per heavy atom. The number of rotatable bonds is 9. The van der Waals surface area contributed by atoms with Crippen LogP contribution in [0.2, 0.25) is 0 Å². The highest BCUT2D eigenvalue weighted by Gasteiger charge is 2.13. The lowest BCUT2D eigenvalue weighted by atomic mass is 10.1.